The van der Waals surface area contributed by atoms with Crippen LogP contribution in [0.15, 0.2) is 92.2 Å². The van der Waals surface area contributed by atoms with Crippen LogP contribution in [0.25, 0.3) is 44.4 Å². The van der Waals surface area contributed by atoms with Crippen molar-refractivity contribution in [2.24, 2.45) is 0 Å². The Morgan fingerprint density at radius 3 is 2.17 bits per heavy atom. The molecule has 0 aliphatic carbocycles. The highest BCUT2D eigenvalue weighted by atomic mass is 16.4. The van der Waals surface area contributed by atoms with Crippen LogP contribution in [-0.4, -0.2) is 39.9 Å². The van der Waals surface area contributed by atoms with Gasteiger partial charge in [0.2, 0.25) is 0 Å². The molecule has 200 valence electrons. The largest absolute Gasteiger partial charge is 0.442 e. The first-order chi connectivity index (χ1) is 19.5. The van der Waals surface area contributed by atoms with Gasteiger partial charge in [-0.05, 0) is 44.5 Å². The number of oxazole rings is 4. The Balaban J connectivity index is 0.000000108. The lowest BCUT2D eigenvalue weighted by molar-refractivity contribution is 0.560. The summed E-state index contributed by atoms with van der Waals surface area (Å²) in [6.45, 7) is 7.60. The maximum Gasteiger partial charge on any atom is 0.192 e. The van der Waals surface area contributed by atoms with Crippen LogP contribution >= 0.6 is 0 Å². The minimum absolute atomic E-state index is 0.683. The molecule has 0 amide bonds. The molecule has 0 saturated carbocycles. The number of hydrogen-bond acceptors (Lipinski definition) is 12. The van der Waals surface area contributed by atoms with Crippen molar-refractivity contribution in [3.8, 4) is 0 Å². The average molecular weight is 537 g/mol. The van der Waals surface area contributed by atoms with E-state index < -0.39 is 0 Å². The Morgan fingerprint density at radius 2 is 1.35 bits per heavy atom. The van der Waals surface area contributed by atoms with Gasteiger partial charge in [0.05, 0.1) is 24.3 Å². The highest BCUT2D eigenvalue weighted by molar-refractivity contribution is 5.74. The lowest BCUT2D eigenvalue weighted by atomic mass is 10.3. The van der Waals surface area contributed by atoms with Gasteiger partial charge in [0.15, 0.2) is 47.4 Å². The number of pyridine rings is 4. The predicted octanol–water partition coefficient (Wildman–Crippen LogP) is 6.12. The zero-order valence-corrected chi connectivity index (χ0v) is 22.1. The fourth-order valence-corrected chi connectivity index (χ4v) is 3.60. The van der Waals surface area contributed by atoms with Crippen LogP contribution in [0, 0.1) is 27.7 Å². The predicted molar refractivity (Wildman–Crippen MR) is 146 cm³/mol. The van der Waals surface area contributed by atoms with Crippen molar-refractivity contribution < 1.29 is 17.7 Å². The molecule has 0 aromatic carbocycles. The summed E-state index contributed by atoms with van der Waals surface area (Å²) in [5.41, 5.74) is 9.42. The van der Waals surface area contributed by atoms with E-state index in [4.69, 9.17) is 17.7 Å². The minimum atomic E-state index is 0.683. The van der Waals surface area contributed by atoms with Crippen LogP contribution in [0.5, 0.6) is 0 Å². The lowest BCUT2D eigenvalue weighted by Crippen LogP contribution is -1.78. The summed E-state index contributed by atoms with van der Waals surface area (Å²) in [6, 6.07) is 5.54. The summed E-state index contributed by atoms with van der Waals surface area (Å²) in [5.74, 6) is 0.683. The second-order valence-electron chi connectivity index (χ2n) is 8.47. The van der Waals surface area contributed by atoms with E-state index in [2.05, 4.69) is 39.9 Å². The zero-order chi connectivity index (χ0) is 27.9. The summed E-state index contributed by atoms with van der Waals surface area (Å²) < 4.78 is 20.3. The summed E-state index contributed by atoms with van der Waals surface area (Å²) in [5, 5.41) is 0. The molecule has 8 heterocycles. The number of aromatic nitrogens is 8. The Bertz CT molecular complexity index is 1880. The summed E-state index contributed by atoms with van der Waals surface area (Å²) in [6.07, 6.45) is 14.5. The fraction of sp³-hybridized carbons (Fsp3) is 0.143. The molecule has 0 N–H and O–H groups in total. The first-order valence-corrected chi connectivity index (χ1v) is 12.1. The van der Waals surface area contributed by atoms with Gasteiger partial charge in [-0.15, -0.1) is 0 Å². The number of rotatable bonds is 0. The van der Waals surface area contributed by atoms with Gasteiger partial charge in [-0.3, -0.25) is 19.9 Å². The van der Waals surface area contributed by atoms with Crippen molar-refractivity contribution in [2.45, 2.75) is 27.7 Å². The Labute approximate surface area is 227 Å². The van der Waals surface area contributed by atoms with E-state index in [1.165, 1.54) is 19.2 Å². The van der Waals surface area contributed by atoms with E-state index in [0.29, 0.717) is 5.89 Å². The Morgan fingerprint density at radius 1 is 0.600 bits per heavy atom. The molecule has 0 aliphatic heterocycles. The van der Waals surface area contributed by atoms with Crippen LogP contribution < -0.4 is 0 Å². The van der Waals surface area contributed by atoms with Gasteiger partial charge < -0.3 is 17.7 Å². The van der Waals surface area contributed by atoms with Crippen molar-refractivity contribution in [2.75, 3.05) is 0 Å². The van der Waals surface area contributed by atoms with Gasteiger partial charge in [-0.1, -0.05) is 0 Å². The highest BCUT2D eigenvalue weighted by Gasteiger charge is 2.01. The van der Waals surface area contributed by atoms with Gasteiger partial charge in [0.1, 0.15) is 22.1 Å². The molecule has 40 heavy (non-hydrogen) atoms. The molecule has 12 heteroatoms. The fourth-order valence-electron chi connectivity index (χ4n) is 3.60. The van der Waals surface area contributed by atoms with Crippen molar-refractivity contribution in [3.05, 3.63) is 97.4 Å². The van der Waals surface area contributed by atoms with Crippen LogP contribution in [0.3, 0.4) is 0 Å². The Kier molecular flexibility index (Phi) is 7.77. The molecular formula is C28H24N8O4. The van der Waals surface area contributed by atoms with Crippen LogP contribution in [0.1, 0.15) is 22.8 Å². The van der Waals surface area contributed by atoms with E-state index in [0.717, 1.165) is 61.4 Å². The van der Waals surface area contributed by atoms with Crippen molar-refractivity contribution >= 4 is 44.4 Å². The Hall–Kier alpha value is -5.52. The van der Waals surface area contributed by atoms with Gasteiger partial charge in [-0.25, -0.2) is 19.9 Å². The smallest absolute Gasteiger partial charge is 0.192 e. The summed E-state index contributed by atoms with van der Waals surface area (Å²) >= 11 is 0. The molecule has 8 aromatic rings. The van der Waals surface area contributed by atoms with E-state index in [1.54, 1.807) is 37.2 Å². The first-order valence-electron chi connectivity index (χ1n) is 12.1. The van der Waals surface area contributed by atoms with Crippen LogP contribution in [-0.2, 0) is 0 Å². The second kappa shape index (κ2) is 11.9. The molecule has 0 radical (unpaired) electrons. The molecule has 12 nitrogen and oxygen atoms in total. The average Bonchev–Trinajstić information content (AvgIpc) is 3.76. The number of nitrogens with zero attached hydrogens (tertiary/aromatic N) is 8. The number of hydrogen-bond donors (Lipinski definition) is 0. The highest BCUT2D eigenvalue weighted by Crippen LogP contribution is 2.14. The molecular weight excluding hydrogens is 512 g/mol. The maximum atomic E-state index is 5.19. The molecule has 8 aromatic heterocycles. The molecule has 0 fully saturated rings. The van der Waals surface area contributed by atoms with Crippen LogP contribution in [0.4, 0.5) is 0 Å². The molecule has 8 rings (SSSR count). The quantitative estimate of drug-likeness (QED) is 0.219. The first kappa shape index (κ1) is 26.1. The topological polar surface area (TPSA) is 156 Å². The number of aryl methyl sites for hydroxylation is 4. The van der Waals surface area contributed by atoms with Gasteiger partial charge in [0.25, 0.3) is 0 Å². The van der Waals surface area contributed by atoms with Crippen molar-refractivity contribution in [1.82, 2.24) is 39.9 Å². The second-order valence-corrected chi connectivity index (χ2v) is 8.47. The monoisotopic (exact) mass is 536 g/mol. The van der Waals surface area contributed by atoms with Crippen molar-refractivity contribution in [1.29, 1.82) is 0 Å². The normalized spacial score (nSPS) is 10.5. The molecule has 0 bridgehead atoms. The third kappa shape index (κ3) is 6.13. The van der Waals surface area contributed by atoms with Gasteiger partial charge >= 0.3 is 0 Å². The standard InChI is InChI=1S/4C7H6N2O/c1-5-2-8-3-6-7(5)9-4-10-6;1-5-2-6-7(3-8-5)10-4-9-6;1-5-7-6(2-3-8-5)9-4-10-7;1-5-9-6-2-3-8-4-7(6)10-5/h4*2-4H,1H3. The lowest BCUT2D eigenvalue weighted by Gasteiger charge is -1.88. The van der Waals surface area contributed by atoms with Crippen LogP contribution in [0.2, 0.25) is 0 Å². The molecule has 0 saturated heterocycles. The van der Waals surface area contributed by atoms with E-state index in [1.807, 2.05) is 45.9 Å². The minimum Gasteiger partial charge on any atom is -0.442 e. The zero-order valence-electron chi connectivity index (χ0n) is 22.1. The third-order valence-electron chi connectivity index (χ3n) is 5.51. The SMILES string of the molecule is Cc1cc2ncoc2cn1.Cc1cncc2ocnc12.Cc1nc2ccncc2o1.Cc1nccc2ncoc12. The van der Waals surface area contributed by atoms with E-state index in [-0.39, 0.29) is 0 Å². The molecule has 0 atom stereocenters. The summed E-state index contributed by atoms with van der Waals surface area (Å²) in [4.78, 5) is 32.0. The third-order valence-corrected chi connectivity index (χ3v) is 5.51. The molecule has 0 spiro atoms. The molecule has 0 aliphatic rings. The summed E-state index contributed by atoms with van der Waals surface area (Å²) in [7, 11) is 0. The maximum absolute atomic E-state index is 5.19. The van der Waals surface area contributed by atoms with E-state index >= 15 is 0 Å². The van der Waals surface area contributed by atoms with E-state index in [9.17, 15) is 0 Å². The number of fused-ring (bicyclic) bond motifs is 4. The van der Waals surface area contributed by atoms with Gasteiger partial charge in [0, 0.05) is 31.2 Å². The van der Waals surface area contributed by atoms with Gasteiger partial charge in [-0.2, -0.15) is 0 Å². The molecule has 0 unspecified atom stereocenters. The van der Waals surface area contributed by atoms with Crippen molar-refractivity contribution in [3.63, 3.8) is 0 Å².